The van der Waals surface area contributed by atoms with Crippen LogP contribution in [0, 0.1) is 0 Å². The van der Waals surface area contributed by atoms with Gasteiger partial charge in [0.15, 0.2) is 12.4 Å². The summed E-state index contributed by atoms with van der Waals surface area (Å²) in [6.07, 6.45) is -7.13. The number of anilines is 1. The predicted octanol–water partition coefficient (Wildman–Crippen LogP) is 3.06. The fourth-order valence-corrected chi connectivity index (χ4v) is 3.40. The number of rotatable bonds is 7. The van der Waals surface area contributed by atoms with Gasteiger partial charge < -0.3 is 20.1 Å². The van der Waals surface area contributed by atoms with E-state index in [-0.39, 0.29) is 42.2 Å². The quantitative estimate of drug-likeness (QED) is 0.528. The van der Waals surface area contributed by atoms with E-state index in [9.17, 15) is 27.2 Å². The van der Waals surface area contributed by atoms with Crippen LogP contribution in [0.1, 0.15) is 48.8 Å². The largest absolute Gasteiger partial charge is 0.467 e. The molecule has 0 bridgehead atoms. The molecule has 33 heavy (non-hydrogen) atoms. The van der Waals surface area contributed by atoms with Crippen LogP contribution in [0.5, 0.6) is 5.88 Å². The molecule has 0 radical (unpaired) electrons. The number of nitrogens with zero attached hydrogens (tertiary/aromatic N) is 3. The normalized spacial score (nSPS) is 20.7. The Labute approximate surface area is 186 Å². The van der Waals surface area contributed by atoms with Crippen molar-refractivity contribution in [3.8, 4) is 5.88 Å². The Morgan fingerprint density at radius 3 is 2.70 bits per heavy atom. The molecule has 1 saturated carbocycles. The molecule has 3 rings (SSSR count). The third-order valence-electron chi connectivity index (χ3n) is 4.85. The first-order valence-corrected chi connectivity index (χ1v) is 10.1. The standard InChI is InChI=1S/C19H24F4N6O4/c1-9(2)24-18(31)33-14-5-10(4-11(14)20)12-6-15(27-26-12)25-17(30)13-7-16(28-29(13)3)32-8-19(21,22)23/h6-7,9-11,14H,4-5,8H2,1-3H3,(H,24,31)(H2,25,26,27,30). The summed E-state index contributed by atoms with van der Waals surface area (Å²) >= 11 is 0. The number of aromatic amines is 1. The molecule has 1 aliphatic carbocycles. The maximum atomic E-state index is 14.3. The third kappa shape index (κ3) is 6.58. The van der Waals surface area contributed by atoms with Gasteiger partial charge in [0, 0.05) is 36.8 Å². The number of hydrogen-bond acceptors (Lipinski definition) is 6. The minimum absolute atomic E-state index is 0.0500. The molecule has 3 N–H and O–H groups in total. The number of amides is 2. The minimum Gasteiger partial charge on any atom is -0.467 e. The fraction of sp³-hybridized carbons (Fsp3) is 0.579. The van der Waals surface area contributed by atoms with E-state index in [1.54, 1.807) is 13.8 Å². The van der Waals surface area contributed by atoms with Gasteiger partial charge in [-0.05, 0) is 26.7 Å². The Morgan fingerprint density at radius 1 is 1.30 bits per heavy atom. The maximum Gasteiger partial charge on any atom is 0.422 e. The van der Waals surface area contributed by atoms with E-state index in [4.69, 9.17) is 4.74 Å². The number of alkyl halides is 4. The van der Waals surface area contributed by atoms with E-state index in [0.717, 1.165) is 10.7 Å². The Balaban J connectivity index is 1.58. The van der Waals surface area contributed by atoms with Crippen LogP contribution in [0.2, 0.25) is 0 Å². The summed E-state index contributed by atoms with van der Waals surface area (Å²) in [7, 11) is 1.38. The Kier molecular flexibility index (Phi) is 7.12. The second-order valence-electron chi connectivity index (χ2n) is 7.99. The molecule has 2 aromatic rings. The molecule has 0 aliphatic heterocycles. The highest BCUT2D eigenvalue weighted by Gasteiger charge is 2.39. The van der Waals surface area contributed by atoms with Gasteiger partial charge in [0.25, 0.3) is 5.91 Å². The smallest absolute Gasteiger partial charge is 0.422 e. The van der Waals surface area contributed by atoms with Crippen LogP contribution in [0.25, 0.3) is 0 Å². The van der Waals surface area contributed by atoms with E-state index in [1.807, 2.05) is 0 Å². The summed E-state index contributed by atoms with van der Waals surface area (Å²) in [5.74, 6) is -1.21. The number of ether oxygens (including phenoxy) is 2. The topological polar surface area (TPSA) is 123 Å². The van der Waals surface area contributed by atoms with Crippen molar-refractivity contribution >= 4 is 17.8 Å². The lowest BCUT2D eigenvalue weighted by Crippen LogP contribution is -2.35. The van der Waals surface area contributed by atoms with Crippen molar-refractivity contribution in [3.63, 3.8) is 0 Å². The molecule has 3 unspecified atom stereocenters. The highest BCUT2D eigenvalue weighted by molar-refractivity contribution is 6.02. The molecule has 2 aromatic heterocycles. The zero-order chi connectivity index (χ0) is 24.3. The molecular formula is C19H24F4N6O4. The first kappa shape index (κ1) is 24.3. The molecule has 1 aliphatic rings. The van der Waals surface area contributed by atoms with Crippen LogP contribution in [0.4, 0.5) is 28.2 Å². The van der Waals surface area contributed by atoms with Crippen LogP contribution in [0.15, 0.2) is 12.1 Å². The average Bonchev–Trinajstić information content (AvgIpc) is 3.38. The Morgan fingerprint density at radius 2 is 2.03 bits per heavy atom. The van der Waals surface area contributed by atoms with Gasteiger partial charge in [-0.25, -0.2) is 9.18 Å². The first-order chi connectivity index (χ1) is 15.4. The molecule has 3 atom stereocenters. The van der Waals surface area contributed by atoms with Crippen molar-refractivity contribution in [2.24, 2.45) is 7.05 Å². The van der Waals surface area contributed by atoms with E-state index >= 15 is 0 Å². The van der Waals surface area contributed by atoms with E-state index < -0.39 is 37.1 Å². The molecule has 10 nitrogen and oxygen atoms in total. The molecule has 182 valence electrons. The molecule has 0 spiro atoms. The molecule has 2 heterocycles. The third-order valence-corrected chi connectivity index (χ3v) is 4.85. The van der Waals surface area contributed by atoms with Gasteiger partial charge in [0.1, 0.15) is 18.0 Å². The summed E-state index contributed by atoms with van der Waals surface area (Å²) in [6, 6.07) is 2.45. The van der Waals surface area contributed by atoms with Crippen molar-refractivity contribution in [1.29, 1.82) is 0 Å². The second-order valence-corrected chi connectivity index (χ2v) is 7.99. The fourth-order valence-electron chi connectivity index (χ4n) is 3.40. The molecule has 14 heteroatoms. The van der Waals surface area contributed by atoms with Crippen LogP contribution >= 0.6 is 0 Å². The highest BCUT2D eigenvalue weighted by atomic mass is 19.4. The van der Waals surface area contributed by atoms with Gasteiger partial charge >= 0.3 is 12.3 Å². The van der Waals surface area contributed by atoms with Crippen LogP contribution in [-0.4, -0.2) is 63.1 Å². The lowest BCUT2D eigenvalue weighted by atomic mass is 10.0. The summed E-state index contributed by atoms with van der Waals surface area (Å²) in [6.45, 7) is 1.98. The maximum absolute atomic E-state index is 14.3. The van der Waals surface area contributed by atoms with Crippen molar-refractivity contribution < 1.29 is 36.6 Å². The number of aryl methyl sites for hydroxylation is 1. The summed E-state index contributed by atoms with van der Waals surface area (Å²) in [4.78, 5) is 24.2. The van der Waals surface area contributed by atoms with E-state index in [1.165, 1.54) is 13.1 Å². The van der Waals surface area contributed by atoms with Crippen molar-refractivity contribution in [1.82, 2.24) is 25.3 Å². The van der Waals surface area contributed by atoms with Gasteiger partial charge in [0.2, 0.25) is 5.88 Å². The number of carbonyl (C=O) groups is 2. The summed E-state index contributed by atoms with van der Waals surface area (Å²) in [5.41, 5.74) is 0.494. The zero-order valence-corrected chi connectivity index (χ0v) is 18.1. The average molecular weight is 476 g/mol. The number of alkyl carbamates (subject to hydrolysis) is 1. The van der Waals surface area contributed by atoms with Crippen LogP contribution < -0.4 is 15.4 Å². The molecule has 0 aromatic carbocycles. The van der Waals surface area contributed by atoms with Crippen molar-refractivity contribution in [3.05, 3.63) is 23.5 Å². The number of H-pyrrole nitrogens is 1. The molecule has 0 saturated heterocycles. The van der Waals surface area contributed by atoms with Gasteiger partial charge in [-0.15, -0.1) is 5.10 Å². The summed E-state index contributed by atoms with van der Waals surface area (Å²) in [5, 5.41) is 15.5. The molecular weight excluding hydrogens is 452 g/mol. The van der Waals surface area contributed by atoms with Crippen LogP contribution in [0.3, 0.4) is 0 Å². The number of aromatic nitrogens is 4. The van der Waals surface area contributed by atoms with Crippen LogP contribution in [-0.2, 0) is 11.8 Å². The number of nitrogens with one attached hydrogen (secondary N) is 3. The first-order valence-electron chi connectivity index (χ1n) is 10.1. The van der Waals surface area contributed by atoms with Gasteiger partial charge in [0.05, 0.1) is 0 Å². The monoisotopic (exact) mass is 476 g/mol. The van der Waals surface area contributed by atoms with Gasteiger partial charge in [-0.2, -0.15) is 18.3 Å². The van der Waals surface area contributed by atoms with Crippen molar-refractivity contribution in [2.45, 2.75) is 57.1 Å². The Hall–Kier alpha value is -3.32. The second kappa shape index (κ2) is 9.67. The summed E-state index contributed by atoms with van der Waals surface area (Å²) < 4.78 is 62.0. The van der Waals surface area contributed by atoms with Crippen molar-refractivity contribution in [2.75, 3.05) is 11.9 Å². The lowest BCUT2D eigenvalue weighted by Gasteiger charge is -2.16. The van der Waals surface area contributed by atoms with Gasteiger partial charge in [-0.3, -0.25) is 14.6 Å². The number of halogens is 4. The zero-order valence-electron chi connectivity index (χ0n) is 18.1. The number of carbonyl (C=O) groups excluding carboxylic acids is 2. The minimum atomic E-state index is -4.54. The molecule has 2 amide bonds. The SMILES string of the molecule is CC(C)NC(=O)OC1CC(c2cc(NC(=O)c3cc(OCC(F)(F)F)nn3C)n[nH]2)CC1F. The molecule has 1 fully saturated rings. The van der Waals surface area contributed by atoms with E-state index in [0.29, 0.717) is 5.69 Å². The Bertz CT molecular complexity index is 989. The van der Waals surface area contributed by atoms with E-state index in [2.05, 4.69) is 30.7 Å². The lowest BCUT2D eigenvalue weighted by molar-refractivity contribution is -0.154. The highest BCUT2D eigenvalue weighted by Crippen LogP contribution is 2.37. The predicted molar refractivity (Wildman–Crippen MR) is 107 cm³/mol. The number of hydrogen-bond donors (Lipinski definition) is 3. The van der Waals surface area contributed by atoms with Gasteiger partial charge in [-0.1, -0.05) is 0 Å².